The van der Waals surface area contributed by atoms with E-state index in [4.69, 9.17) is 5.73 Å². The van der Waals surface area contributed by atoms with Gasteiger partial charge in [0.05, 0.1) is 0 Å². The highest BCUT2D eigenvalue weighted by atomic mass is 35.5. The first kappa shape index (κ1) is 19.1. The fourth-order valence-corrected chi connectivity index (χ4v) is 2.02. The van der Waals surface area contributed by atoms with E-state index in [1.807, 2.05) is 0 Å². The molecule has 0 bridgehead atoms. The molecule has 126 valence electrons. The Balaban J connectivity index is 0.00000264. The number of hydrogen-bond donors (Lipinski definition) is 1. The fourth-order valence-electron chi connectivity index (χ4n) is 2.02. The van der Waals surface area contributed by atoms with Gasteiger partial charge in [0.2, 0.25) is 0 Å². The Morgan fingerprint density at radius 1 is 0.913 bits per heavy atom. The molecule has 23 heavy (non-hydrogen) atoms. The van der Waals surface area contributed by atoms with Gasteiger partial charge in [-0.05, 0) is 49.2 Å². The van der Waals surface area contributed by atoms with E-state index in [9.17, 15) is 17.6 Å². The van der Waals surface area contributed by atoms with Crippen LogP contribution in [0, 0.1) is 13.8 Å². The van der Waals surface area contributed by atoms with Gasteiger partial charge in [-0.25, -0.2) is 0 Å². The Labute approximate surface area is 137 Å². The molecule has 2 nitrogen and oxygen atoms in total. The van der Waals surface area contributed by atoms with Gasteiger partial charge in [-0.15, -0.1) is 12.4 Å². The smallest absolute Gasteiger partial charge is 0.428 e. The van der Waals surface area contributed by atoms with Gasteiger partial charge < -0.3 is 10.5 Å². The highest BCUT2D eigenvalue weighted by molar-refractivity contribution is 5.85. The van der Waals surface area contributed by atoms with Crippen molar-refractivity contribution < 1.29 is 22.3 Å². The predicted molar refractivity (Wildman–Crippen MR) is 83.5 cm³/mol. The van der Waals surface area contributed by atoms with Gasteiger partial charge >= 0.3 is 12.0 Å². The molecule has 0 saturated heterocycles. The molecule has 2 aromatic rings. The lowest BCUT2D eigenvalue weighted by atomic mass is 10.00. The molecule has 0 spiro atoms. The van der Waals surface area contributed by atoms with Gasteiger partial charge in [-0.1, -0.05) is 18.2 Å². The standard InChI is InChI=1S/C16H15F4NO.ClH/c1-10-8-12(9-11(2)14(10)21)15(17,18)16(19,20)22-13-6-4-3-5-7-13;/h3-9H,21H2,1-2H3;1H. The quantitative estimate of drug-likeness (QED) is 0.617. The molecule has 0 aliphatic carbocycles. The molecule has 0 aliphatic heterocycles. The van der Waals surface area contributed by atoms with E-state index in [2.05, 4.69) is 4.74 Å². The summed E-state index contributed by atoms with van der Waals surface area (Å²) in [6, 6.07) is 8.67. The van der Waals surface area contributed by atoms with E-state index in [-0.39, 0.29) is 18.2 Å². The molecule has 0 atom stereocenters. The van der Waals surface area contributed by atoms with Crippen LogP contribution in [0.1, 0.15) is 16.7 Å². The van der Waals surface area contributed by atoms with Crippen LogP contribution in [0.15, 0.2) is 42.5 Å². The Morgan fingerprint density at radius 3 is 1.87 bits per heavy atom. The molecule has 0 heterocycles. The number of alkyl halides is 4. The van der Waals surface area contributed by atoms with Crippen molar-refractivity contribution in [1.82, 2.24) is 0 Å². The van der Waals surface area contributed by atoms with E-state index in [0.717, 1.165) is 12.1 Å². The summed E-state index contributed by atoms with van der Waals surface area (Å²) in [6.07, 6.45) is -4.69. The van der Waals surface area contributed by atoms with Crippen LogP contribution in [0.5, 0.6) is 5.75 Å². The summed E-state index contributed by atoms with van der Waals surface area (Å²) in [5, 5.41) is 0. The number of anilines is 1. The molecule has 2 aromatic carbocycles. The third-order valence-corrected chi connectivity index (χ3v) is 3.31. The summed E-state index contributed by atoms with van der Waals surface area (Å²) < 4.78 is 60.5. The molecule has 0 amide bonds. The minimum atomic E-state index is -4.69. The Hall–Kier alpha value is -1.95. The summed E-state index contributed by atoms with van der Waals surface area (Å²) in [5.41, 5.74) is 5.75. The molecule has 0 radical (unpaired) electrons. The largest absolute Gasteiger partial charge is 0.469 e. The normalized spacial score (nSPS) is 11.7. The Kier molecular flexibility index (Phi) is 5.53. The highest BCUT2D eigenvalue weighted by Crippen LogP contribution is 2.45. The summed E-state index contributed by atoms with van der Waals surface area (Å²) in [6.45, 7) is 2.97. The van der Waals surface area contributed by atoms with Gasteiger partial charge in [-0.3, -0.25) is 0 Å². The van der Waals surface area contributed by atoms with Crippen LogP contribution in [0.4, 0.5) is 23.2 Å². The van der Waals surface area contributed by atoms with Crippen molar-refractivity contribution in [3.05, 3.63) is 59.2 Å². The van der Waals surface area contributed by atoms with Crippen LogP contribution >= 0.6 is 12.4 Å². The number of nitrogens with two attached hydrogens (primary N) is 1. The van der Waals surface area contributed by atoms with E-state index < -0.39 is 17.6 Å². The SMILES string of the molecule is Cc1cc(C(F)(F)C(F)(F)Oc2ccccc2)cc(C)c1N.Cl. The van der Waals surface area contributed by atoms with Gasteiger partial charge in [0, 0.05) is 11.3 Å². The monoisotopic (exact) mass is 349 g/mol. The van der Waals surface area contributed by atoms with Crippen molar-refractivity contribution in [2.45, 2.75) is 25.9 Å². The van der Waals surface area contributed by atoms with Crippen LogP contribution in [-0.4, -0.2) is 6.11 Å². The Bertz CT molecular complexity index is 654. The first-order valence-corrected chi connectivity index (χ1v) is 6.52. The number of para-hydroxylation sites is 1. The lowest BCUT2D eigenvalue weighted by Gasteiger charge is -2.27. The second-order valence-electron chi connectivity index (χ2n) is 5.03. The summed E-state index contributed by atoms with van der Waals surface area (Å²) in [4.78, 5) is 0. The minimum absolute atomic E-state index is 0. The van der Waals surface area contributed by atoms with Crippen molar-refractivity contribution in [2.24, 2.45) is 0 Å². The molecule has 0 unspecified atom stereocenters. The van der Waals surface area contributed by atoms with E-state index >= 15 is 0 Å². The van der Waals surface area contributed by atoms with Crippen molar-refractivity contribution in [3.63, 3.8) is 0 Å². The molecule has 0 saturated carbocycles. The molecule has 0 fully saturated rings. The summed E-state index contributed by atoms with van der Waals surface area (Å²) in [5.74, 6) is -4.83. The number of halogens is 5. The number of benzene rings is 2. The summed E-state index contributed by atoms with van der Waals surface area (Å²) in [7, 11) is 0. The maximum Gasteiger partial charge on any atom is 0.469 e. The number of ether oxygens (including phenoxy) is 1. The second-order valence-corrected chi connectivity index (χ2v) is 5.03. The Morgan fingerprint density at radius 2 is 1.39 bits per heavy atom. The molecular formula is C16H16ClF4NO. The molecule has 0 aromatic heterocycles. The van der Waals surface area contributed by atoms with Crippen molar-refractivity contribution in [2.75, 3.05) is 5.73 Å². The lowest BCUT2D eigenvalue weighted by molar-refractivity contribution is -0.316. The van der Waals surface area contributed by atoms with E-state index in [0.29, 0.717) is 16.8 Å². The highest BCUT2D eigenvalue weighted by Gasteiger charge is 2.60. The zero-order valence-electron chi connectivity index (χ0n) is 12.4. The first-order valence-electron chi connectivity index (χ1n) is 6.52. The zero-order valence-corrected chi connectivity index (χ0v) is 13.3. The third-order valence-electron chi connectivity index (χ3n) is 3.31. The average Bonchev–Trinajstić information content (AvgIpc) is 2.44. The zero-order chi connectivity index (χ0) is 16.5. The maximum absolute atomic E-state index is 14.2. The molecule has 0 aliphatic rings. The molecule has 2 N–H and O–H groups in total. The first-order chi connectivity index (χ1) is 10.1. The van der Waals surface area contributed by atoms with Crippen LogP contribution in [0.2, 0.25) is 0 Å². The van der Waals surface area contributed by atoms with Crippen LogP contribution in [0.25, 0.3) is 0 Å². The average molecular weight is 350 g/mol. The number of nitrogen functional groups attached to an aromatic ring is 1. The molecular weight excluding hydrogens is 334 g/mol. The van der Waals surface area contributed by atoms with Gasteiger partial charge in [0.15, 0.2) is 0 Å². The summed E-state index contributed by atoms with van der Waals surface area (Å²) >= 11 is 0. The fraction of sp³-hybridized carbons (Fsp3) is 0.250. The van der Waals surface area contributed by atoms with Crippen LogP contribution < -0.4 is 10.5 Å². The van der Waals surface area contributed by atoms with Crippen molar-refractivity contribution in [1.29, 1.82) is 0 Å². The second kappa shape index (κ2) is 6.66. The van der Waals surface area contributed by atoms with E-state index in [1.54, 1.807) is 6.07 Å². The molecule has 2 rings (SSSR count). The van der Waals surface area contributed by atoms with Gasteiger partial charge in [0.25, 0.3) is 0 Å². The molecule has 7 heteroatoms. The number of aryl methyl sites for hydroxylation is 2. The van der Waals surface area contributed by atoms with Gasteiger partial charge in [0.1, 0.15) is 5.75 Å². The number of hydrogen-bond acceptors (Lipinski definition) is 2. The maximum atomic E-state index is 14.2. The van der Waals surface area contributed by atoms with Crippen LogP contribution in [-0.2, 0) is 5.92 Å². The predicted octanol–water partition coefficient (Wildman–Crippen LogP) is 5.07. The third kappa shape index (κ3) is 3.69. The van der Waals surface area contributed by atoms with Gasteiger partial charge in [-0.2, -0.15) is 17.6 Å². The van der Waals surface area contributed by atoms with Crippen LogP contribution in [0.3, 0.4) is 0 Å². The lowest BCUT2D eigenvalue weighted by Crippen LogP contribution is -2.43. The minimum Gasteiger partial charge on any atom is -0.428 e. The topological polar surface area (TPSA) is 35.2 Å². The van der Waals surface area contributed by atoms with Crippen molar-refractivity contribution >= 4 is 18.1 Å². The van der Waals surface area contributed by atoms with E-state index in [1.165, 1.54) is 38.1 Å². The number of rotatable bonds is 4. The van der Waals surface area contributed by atoms with Crippen molar-refractivity contribution in [3.8, 4) is 5.75 Å².